The fourth-order valence-electron chi connectivity index (χ4n) is 1.83. The fraction of sp³-hybridized carbons (Fsp3) is 0.583. The molecule has 0 aromatic carbocycles. The van der Waals surface area contributed by atoms with Crippen molar-refractivity contribution in [2.24, 2.45) is 7.05 Å². The quantitative estimate of drug-likeness (QED) is 0.826. The van der Waals surface area contributed by atoms with Crippen molar-refractivity contribution in [3.63, 3.8) is 0 Å². The lowest BCUT2D eigenvalue weighted by Gasteiger charge is -2.11. The van der Waals surface area contributed by atoms with Gasteiger partial charge in [0.05, 0.1) is 6.20 Å². The molecule has 0 spiro atoms. The maximum atomic E-state index is 4.28. The molecule has 0 aliphatic rings. The second-order valence-electron chi connectivity index (χ2n) is 4.41. The summed E-state index contributed by atoms with van der Waals surface area (Å²) < 4.78 is 3.89. The van der Waals surface area contributed by atoms with Crippen LogP contribution in [0.5, 0.6) is 0 Å². The number of nitrogens with one attached hydrogen (secondary N) is 1. The predicted molar refractivity (Wildman–Crippen MR) is 69.0 cm³/mol. The number of aryl methyl sites for hydroxylation is 2. The highest BCUT2D eigenvalue weighted by Crippen LogP contribution is 2.10. The predicted octanol–water partition coefficient (Wildman–Crippen LogP) is 0.925. The minimum Gasteiger partial charge on any atom is -0.321 e. The van der Waals surface area contributed by atoms with E-state index in [1.165, 1.54) is 5.56 Å². The van der Waals surface area contributed by atoms with Crippen LogP contribution in [0.4, 0.5) is 0 Å². The van der Waals surface area contributed by atoms with Crippen molar-refractivity contribution >= 4 is 0 Å². The summed E-state index contributed by atoms with van der Waals surface area (Å²) in [7, 11) is 1.96. The first kappa shape index (κ1) is 12.8. The molecule has 0 aliphatic carbocycles. The van der Waals surface area contributed by atoms with Crippen LogP contribution < -0.4 is 5.32 Å². The number of hydrogen-bond donors (Lipinski definition) is 1. The summed E-state index contributed by atoms with van der Waals surface area (Å²) in [6, 6.07) is 0.304. The fourth-order valence-corrected chi connectivity index (χ4v) is 1.83. The second-order valence-corrected chi connectivity index (χ2v) is 4.41. The molecule has 0 amide bonds. The Morgan fingerprint density at radius 3 is 2.89 bits per heavy atom. The van der Waals surface area contributed by atoms with E-state index < -0.39 is 0 Å². The minimum atomic E-state index is 0.304. The topological polar surface area (TPSA) is 60.6 Å². The van der Waals surface area contributed by atoms with Gasteiger partial charge in [-0.15, -0.1) is 10.2 Å². The summed E-state index contributed by atoms with van der Waals surface area (Å²) in [5.74, 6) is 0.999. The van der Waals surface area contributed by atoms with Crippen molar-refractivity contribution in [2.45, 2.75) is 32.9 Å². The van der Waals surface area contributed by atoms with E-state index in [9.17, 15) is 0 Å². The SMILES string of the molecule is CCn1cc(C(C)NCCc2nncn2C)cn1. The summed E-state index contributed by atoms with van der Waals surface area (Å²) >= 11 is 0. The van der Waals surface area contributed by atoms with Crippen LogP contribution in [0.3, 0.4) is 0 Å². The highest BCUT2D eigenvalue weighted by Gasteiger charge is 2.08. The van der Waals surface area contributed by atoms with Crippen LogP contribution in [-0.2, 0) is 20.0 Å². The normalized spacial score (nSPS) is 12.8. The van der Waals surface area contributed by atoms with E-state index in [0.717, 1.165) is 25.3 Å². The second kappa shape index (κ2) is 5.77. The van der Waals surface area contributed by atoms with Crippen LogP contribution in [0.25, 0.3) is 0 Å². The molecular weight excluding hydrogens is 228 g/mol. The highest BCUT2D eigenvalue weighted by atomic mass is 15.3. The molecular formula is C12H20N6. The van der Waals surface area contributed by atoms with Crippen LogP contribution in [-0.4, -0.2) is 31.1 Å². The maximum absolute atomic E-state index is 4.28. The third kappa shape index (κ3) is 2.95. The van der Waals surface area contributed by atoms with Gasteiger partial charge >= 0.3 is 0 Å². The Balaban J connectivity index is 1.81. The molecule has 1 N–H and O–H groups in total. The Kier molecular flexibility index (Phi) is 4.09. The molecule has 0 aliphatic heterocycles. The largest absolute Gasteiger partial charge is 0.321 e. The molecule has 1 atom stereocenters. The van der Waals surface area contributed by atoms with Crippen molar-refractivity contribution in [1.29, 1.82) is 0 Å². The van der Waals surface area contributed by atoms with Gasteiger partial charge in [-0.05, 0) is 13.8 Å². The third-order valence-electron chi connectivity index (χ3n) is 3.08. The van der Waals surface area contributed by atoms with E-state index in [0.29, 0.717) is 6.04 Å². The Morgan fingerprint density at radius 2 is 2.28 bits per heavy atom. The number of aromatic nitrogens is 5. The first-order chi connectivity index (χ1) is 8.70. The molecule has 2 heterocycles. The van der Waals surface area contributed by atoms with Gasteiger partial charge < -0.3 is 9.88 Å². The van der Waals surface area contributed by atoms with Gasteiger partial charge in [-0.3, -0.25) is 4.68 Å². The third-order valence-corrected chi connectivity index (χ3v) is 3.08. The smallest absolute Gasteiger partial charge is 0.133 e. The Bertz CT molecular complexity index is 486. The van der Waals surface area contributed by atoms with Gasteiger partial charge in [-0.1, -0.05) is 0 Å². The molecule has 6 nitrogen and oxygen atoms in total. The summed E-state index contributed by atoms with van der Waals surface area (Å²) in [5, 5.41) is 15.7. The monoisotopic (exact) mass is 248 g/mol. The molecule has 0 bridgehead atoms. The molecule has 2 aromatic rings. The zero-order chi connectivity index (χ0) is 13.0. The molecule has 0 saturated heterocycles. The van der Waals surface area contributed by atoms with Crippen LogP contribution in [0.2, 0.25) is 0 Å². The van der Waals surface area contributed by atoms with Crippen LogP contribution in [0, 0.1) is 0 Å². The van der Waals surface area contributed by atoms with Gasteiger partial charge in [0.25, 0.3) is 0 Å². The molecule has 0 fully saturated rings. The van der Waals surface area contributed by atoms with Gasteiger partial charge in [-0.25, -0.2) is 0 Å². The summed E-state index contributed by atoms with van der Waals surface area (Å²) in [6.45, 7) is 6.02. The van der Waals surface area contributed by atoms with Gasteiger partial charge in [0.2, 0.25) is 0 Å². The molecule has 2 rings (SSSR count). The molecule has 1 unspecified atom stereocenters. The van der Waals surface area contributed by atoms with E-state index in [1.54, 1.807) is 6.33 Å². The van der Waals surface area contributed by atoms with Crippen molar-refractivity contribution in [2.75, 3.05) is 6.54 Å². The van der Waals surface area contributed by atoms with Crippen LogP contribution in [0.1, 0.15) is 31.3 Å². The lowest BCUT2D eigenvalue weighted by Crippen LogP contribution is -2.22. The molecule has 2 aromatic heterocycles. The van der Waals surface area contributed by atoms with E-state index in [-0.39, 0.29) is 0 Å². The van der Waals surface area contributed by atoms with E-state index in [2.05, 4.69) is 40.7 Å². The summed E-state index contributed by atoms with van der Waals surface area (Å²) in [5.41, 5.74) is 1.22. The van der Waals surface area contributed by atoms with E-state index in [1.807, 2.05) is 22.5 Å². The van der Waals surface area contributed by atoms with Crippen molar-refractivity contribution < 1.29 is 0 Å². The molecule has 18 heavy (non-hydrogen) atoms. The van der Waals surface area contributed by atoms with Crippen molar-refractivity contribution in [3.8, 4) is 0 Å². The lowest BCUT2D eigenvalue weighted by molar-refractivity contribution is 0.563. The average molecular weight is 248 g/mol. The molecule has 6 heteroatoms. The number of hydrogen-bond acceptors (Lipinski definition) is 4. The Labute approximate surface area is 107 Å². The first-order valence-electron chi connectivity index (χ1n) is 6.29. The molecule has 98 valence electrons. The van der Waals surface area contributed by atoms with E-state index in [4.69, 9.17) is 0 Å². The van der Waals surface area contributed by atoms with Crippen molar-refractivity contribution in [3.05, 3.63) is 30.1 Å². The highest BCUT2D eigenvalue weighted by molar-refractivity contribution is 5.09. The first-order valence-corrected chi connectivity index (χ1v) is 6.29. The van der Waals surface area contributed by atoms with Gasteiger partial charge in [0.1, 0.15) is 12.2 Å². The zero-order valence-electron chi connectivity index (χ0n) is 11.2. The van der Waals surface area contributed by atoms with Gasteiger partial charge in [0, 0.05) is 44.4 Å². The number of rotatable bonds is 6. The maximum Gasteiger partial charge on any atom is 0.133 e. The summed E-state index contributed by atoms with van der Waals surface area (Å²) in [4.78, 5) is 0. The van der Waals surface area contributed by atoms with Gasteiger partial charge in [0.15, 0.2) is 0 Å². The average Bonchev–Trinajstić information content (AvgIpc) is 2.98. The Morgan fingerprint density at radius 1 is 1.44 bits per heavy atom. The Hall–Kier alpha value is -1.69. The van der Waals surface area contributed by atoms with Gasteiger partial charge in [-0.2, -0.15) is 5.10 Å². The standard InChI is InChI=1S/C12H20N6/c1-4-18-8-11(7-15-18)10(2)13-6-5-12-16-14-9-17(12)3/h7-10,13H,4-6H2,1-3H3. The van der Waals surface area contributed by atoms with E-state index >= 15 is 0 Å². The zero-order valence-corrected chi connectivity index (χ0v) is 11.2. The number of nitrogens with zero attached hydrogens (tertiary/aromatic N) is 5. The summed E-state index contributed by atoms with van der Waals surface area (Å²) in [6.07, 6.45) is 6.61. The molecule has 0 saturated carbocycles. The van der Waals surface area contributed by atoms with Crippen LogP contribution >= 0.6 is 0 Å². The minimum absolute atomic E-state index is 0.304. The van der Waals surface area contributed by atoms with Crippen LogP contribution in [0.15, 0.2) is 18.7 Å². The molecule has 0 radical (unpaired) electrons. The van der Waals surface area contributed by atoms with Crippen molar-refractivity contribution in [1.82, 2.24) is 29.9 Å². The lowest BCUT2D eigenvalue weighted by atomic mass is 10.2.